The van der Waals surface area contributed by atoms with Crippen LogP contribution in [0, 0.1) is 0 Å². The largest absolute Gasteiger partial charge is 0.340 e. The van der Waals surface area contributed by atoms with E-state index in [0.29, 0.717) is 16.6 Å². The monoisotopic (exact) mass is 384 g/mol. The van der Waals surface area contributed by atoms with E-state index in [-0.39, 0.29) is 11.9 Å². The van der Waals surface area contributed by atoms with Gasteiger partial charge in [0, 0.05) is 11.6 Å². The molecular weight excluding hydrogens is 368 g/mol. The third kappa shape index (κ3) is 3.18. The molecule has 0 aliphatic carbocycles. The Balaban J connectivity index is 1.64. The Morgan fingerprint density at radius 1 is 1.19 bits per heavy atom. The number of hydrogen-bond acceptors (Lipinski definition) is 4. The fraction of sp³-hybridized carbons (Fsp3) is 0.211. The first-order chi connectivity index (χ1) is 12.5. The lowest BCUT2D eigenvalue weighted by atomic mass is 10.1. The summed E-state index contributed by atoms with van der Waals surface area (Å²) >= 11 is 7.35. The van der Waals surface area contributed by atoms with Crippen LogP contribution in [0.25, 0.3) is 21.3 Å². The summed E-state index contributed by atoms with van der Waals surface area (Å²) in [5.74, 6) is 0.738. The number of nitrogens with zero attached hydrogens (tertiary/aromatic N) is 3. The van der Waals surface area contributed by atoms with E-state index in [2.05, 4.69) is 15.0 Å². The van der Waals surface area contributed by atoms with Crippen molar-refractivity contribution in [1.29, 1.82) is 0 Å². The van der Waals surface area contributed by atoms with E-state index in [4.69, 9.17) is 11.6 Å². The molecule has 5 nitrogen and oxygen atoms in total. The molecule has 132 valence electrons. The summed E-state index contributed by atoms with van der Waals surface area (Å²) in [5.41, 5.74) is 3.31. The first-order valence-corrected chi connectivity index (χ1v) is 9.51. The number of para-hydroxylation sites is 2. The van der Waals surface area contributed by atoms with Gasteiger partial charge in [0.25, 0.3) is 5.91 Å². The Hall–Kier alpha value is -2.44. The fourth-order valence-corrected chi connectivity index (χ4v) is 4.00. The number of benzene rings is 2. The second-order valence-corrected chi connectivity index (χ2v) is 7.99. The zero-order valence-electron chi connectivity index (χ0n) is 14.4. The summed E-state index contributed by atoms with van der Waals surface area (Å²) in [6.07, 6.45) is 0. The smallest absolute Gasteiger partial charge is 0.254 e. The zero-order chi connectivity index (χ0) is 18.3. The number of thiazole rings is 1. The molecule has 0 fully saturated rings. The Bertz CT molecular complexity index is 1070. The molecule has 0 spiro atoms. The molecule has 0 aliphatic rings. The second-order valence-electron chi connectivity index (χ2n) is 6.38. The maximum Gasteiger partial charge on any atom is 0.254 e. The number of halogens is 1. The molecule has 0 unspecified atom stereocenters. The van der Waals surface area contributed by atoms with Gasteiger partial charge in [-0.05, 0) is 44.2 Å². The van der Waals surface area contributed by atoms with Crippen molar-refractivity contribution in [2.75, 3.05) is 0 Å². The van der Waals surface area contributed by atoms with Crippen molar-refractivity contribution in [2.45, 2.75) is 26.4 Å². The van der Waals surface area contributed by atoms with Crippen LogP contribution in [0.1, 0.15) is 30.0 Å². The number of imidazole rings is 1. The Morgan fingerprint density at radius 2 is 2.00 bits per heavy atom. The summed E-state index contributed by atoms with van der Waals surface area (Å²) in [6.45, 7) is 4.43. The molecule has 2 heterocycles. The molecule has 0 saturated carbocycles. The van der Waals surface area contributed by atoms with Crippen LogP contribution >= 0.6 is 22.9 Å². The maximum absolute atomic E-state index is 13.1. The lowest BCUT2D eigenvalue weighted by Gasteiger charge is -2.26. The van der Waals surface area contributed by atoms with Gasteiger partial charge in [-0.25, -0.2) is 9.97 Å². The number of aromatic nitrogens is 3. The average Bonchev–Trinajstić information content (AvgIpc) is 3.19. The van der Waals surface area contributed by atoms with Crippen LogP contribution in [-0.2, 0) is 6.54 Å². The molecule has 4 aromatic rings. The van der Waals surface area contributed by atoms with Crippen molar-refractivity contribution in [1.82, 2.24) is 19.9 Å². The molecule has 4 rings (SSSR count). The van der Waals surface area contributed by atoms with Gasteiger partial charge in [0.05, 0.1) is 27.8 Å². The molecular formula is C19H17ClN4OS. The molecule has 26 heavy (non-hydrogen) atoms. The highest BCUT2D eigenvalue weighted by molar-refractivity contribution is 7.22. The predicted octanol–water partition coefficient (Wildman–Crippen LogP) is 4.88. The number of fused-ring (bicyclic) bond motifs is 2. The Morgan fingerprint density at radius 3 is 2.77 bits per heavy atom. The van der Waals surface area contributed by atoms with Gasteiger partial charge in [0.2, 0.25) is 0 Å². The van der Waals surface area contributed by atoms with Crippen molar-refractivity contribution < 1.29 is 4.79 Å². The number of carbonyl (C=O) groups excluding carboxylic acids is 1. The molecule has 2 aromatic carbocycles. The molecule has 1 amide bonds. The van der Waals surface area contributed by atoms with E-state index in [9.17, 15) is 4.79 Å². The Kier molecular flexibility index (Phi) is 4.38. The zero-order valence-corrected chi connectivity index (χ0v) is 15.9. The molecule has 7 heteroatoms. The van der Waals surface area contributed by atoms with Gasteiger partial charge in [0.15, 0.2) is 4.47 Å². The molecule has 0 bridgehead atoms. The van der Waals surface area contributed by atoms with Crippen LogP contribution in [0.4, 0.5) is 0 Å². The van der Waals surface area contributed by atoms with Gasteiger partial charge < -0.3 is 9.88 Å². The highest BCUT2D eigenvalue weighted by Gasteiger charge is 2.21. The van der Waals surface area contributed by atoms with Crippen molar-refractivity contribution in [2.24, 2.45) is 0 Å². The van der Waals surface area contributed by atoms with Crippen LogP contribution in [0.3, 0.4) is 0 Å². The minimum absolute atomic E-state index is 0.0353. The average molecular weight is 385 g/mol. The molecule has 0 radical (unpaired) electrons. The highest BCUT2D eigenvalue weighted by Crippen LogP contribution is 2.27. The van der Waals surface area contributed by atoms with E-state index in [1.54, 1.807) is 6.07 Å². The maximum atomic E-state index is 13.1. The number of carbonyl (C=O) groups is 1. The van der Waals surface area contributed by atoms with Crippen LogP contribution < -0.4 is 0 Å². The van der Waals surface area contributed by atoms with Crippen LogP contribution in [-0.4, -0.2) is 31.8 Å². The molecule has 0 aliphatic heterocycles. The number of hydrogen-bond donors (Lipinski definition) is 1. The summed E-state index contributed by atoms with van der Waals surface area (Å²) in [6, 6.07) is 13.4. The molecule has 2 aromatic heterocycles. The second kappa shape index (κ2) is 6.70. The van der Waals surface area contributed by atoms with Crippen LogP contribution in [0.5, 0.6) is 0 Å². The van der Waals surface area contributed by atoms with Gasteiger partial charge >= 0.3 is 0 Å². The first-order valence-electron chi connectivity index (χ1n) is 8.32. The topological polar surface area (TPSA) is 61.9 Å². The van der Waals surface area contributed by atoms with Crippen LogP contribution in [0.2, 0.25) is 4.47 Å². The van der Waals surface area contributed by atoms with Crippen molar-refractivity contribution >= 4 is 50.1 Å². The summed E-state index contributed by atoms with van der Waals surface area (Å²) in [7, 11) is 0. The molecule has 0 atom stereocenters. The third-order valence-corrected chi connectivity index (χ3v) is 5.37. The van der Waals surface area contributed by atoms with Gasteiger partial charge in [0.1, 0.15) is 5.82 Å². The lowest BCUT2D eigenvalue weighted by molar-refractivity contribution is 0.0686. The van der Waals surface area contributed by atoms with E-state index in [1.165, 1.54) is 11.3 Å². The Labute approximate surface area is 159 Å². The number of nitrogens with one attached hydrogen (secondary N) is 1. The predicted molar refractivity (Wildman–Crippen MR) is 106 cm³/mol. The quantitative estimate of drug-likeness (QED) is 0.545. The minimum atomic E-state index is -0.0353. The van der Waals surface area contributed by atoms with Gasteiger partial charge in [-0.3, -0.25) is 4.79 Å². The third-order valence-electron chi connectivity index (χ3n) is 4.25. The van der Waals surface area contributed by atoms with Crippen molar-refractivity contribution in [3.8, 4) is 0 Å². The van der Waals surface area contributed by atoms with E-state index in [0.717, 1.165) is 27.1 Å². The number of rotatable bonds is 4. The summed E-state index contributed by atoms with van der Waals surface area (Å²) in [5, 5.41) is 0. The SMILES string of the molecule is CC(C)N(Cc1nc2ccccc2[nH]1)C(=O)c1ccc2nc(Cl)sc2c1. The van der Waals surface area contributed by atoms with Gasteiger partial charge in [-0.2, -0.15) is 0 Å². The standard InChI is InChI=1S/C19H17ClN4OS/c1-11(2)24(10-17-21-13-5-3-4-6-14(13)22-17)18(25)12-7-8-15-16(9-12)26-19(20)23-15/h3-9,11H,10H2,1-2H3,(H,21,22). The normalized spacial score (nSPS) is 11.5. The van der Waals surface area contributed by atoms with Gasteiger partial charge in [-0.1, -0.05) is 23.7 Å². The number of amides is 1. The summed E-state index contributed by atoms with van der Waals surface area (Å²) in [4.78, 5) is 27.0. The van der Waals surface area contributed by atoms with Crippen molar-refractivity contribution in [3.63, 3.8) is 0 Å². The minimum Gasteiger partial charge on any atom is -0.340 e. The van der Waals surface area contributed by atoms with Crippen LogP contribution in [0.15, 0.2) is 42.5 Å². The van der Waals surface area contributed by atoms with E-state index in [1.807, 2.05) is 55.1 Å². The molecule has 1 N–H and O–H groups in total. The first kappa shape index (κ1) is 17.0. The highest BCUT2D eigenvalue weighted by atomic mass is 35.5. The van der Waals surface area contributed by atoms with Crippen molar-refractivity contribution in [3.05, 3.63) is 58.3 Å². The van der Waals surface area contributed by atoms with E-state index >= 15 is 0 Å². The molecule has 0 saturated heterocycles. The number of H-pyrrole nitrogens is 1. The summed E-state index contributed by atoms with van der Waals surface area (Å²) < 4.78 is 1.39. The lowest BCUT2D eigenvalue weighted by Crippen LogP contribution is -2.36. The van der Waals surface area contributed by atoms with E-state index < -0.39 is 0 Å². The fourth-order valence-electron chi connectivity index (χ4n) is 2.93. The van der Waals surface area contributed by atoms with Gasteiger partial charge in [-0.15, -0.1) is 11.3 Å². The number of aromatic amines is 1.